The molecule has 3 N–H and O–H groups in total. The van der Waals surface area contributed by atoms with Crippen LogP contribution in [0.15, 0.2) is 47.5 Å². The van der Waals surface area contributed by atoms with Crippen LogP contribution in [0.25, 0.3) is 0 Å². The van der Waals surface area contributed by atoms with Gasteiger partial charge >= 0.3 is 0 Å². The van der Waals surface area contributed by atoms with Crippen molar-refractivity contribution in [1.29, 1.82) is 0 Å². The Labute approximate surface area is 181 Å². The molecule has 2 aromatic carbocycles. The number of phenols is 1. The van der Waals surface area contributed by atoms with Crippen LogP contribution in [0, 0.1) is 5.82 Å². The molecule has 2 aromatic rings. The fourth-order valence-electron chi connectivity index (χ4n) is 3.26. The number of aliphatic imine (C=N–C) groups is 1. The number of hydrogen-bond acceptors (Lipinski definition) is 4. The zero-order valence-corrected chi connectivity index (χ0v) is 18.1. The largest absolute Gasteiger partial charge is 0.506 e. The lowest BCUT2D eigenvalue weighted by Gasteiger charge is -2.37. The highest BCUT2D eigenvalue weighted by Gasteiger charge is 2.21. The number of aliphatic hydroxyl groups excluding tert-OH is 1. The highest BCUT2D eigenvalue weighted by atomic mass is 127. The molecule has 0 spiro atoms. The van der Waals surface area contributed by atoms with E-state index in [2.05, 4.69) is 20.1 Å². The zero-order chi connectivity index (χ0) is 19.2. The molecule has 0 unspecified atom stereocenters. The summed E-state index contributed by atoms with van der Waals surface area (Å²) in [5.41, 5.74) is 2.03. The van der Waals surface area contributed by atoms with Gasteiger partial charge in [0.1, 0.15) is 11.6 Å². The summed E-state index contributed by atoms with van der Waals surface area (Å²) in [6, 6.07) is 12.1. The second-order valence-corrected chi connectivity index (χ2v) is 6.45. The molecule has 0 radical (unpaired) electrons. The fraction of sp³-hybridized carbons (Fsp3) is 0.350. The summed E-state index contributed by atoms with van der Waals surface area (Å²) in [7, 11) is 1.74. The lowest BCUT2D eigenvalue weighted by atomic mass is 10.1. The predicted octanol–water partition coefficient (Wildman–Crippen LogP) is 2.54. The van der Waals surface area contributed by atoms with Crippen LogP contribution >= 0.6 is 24.0 Å². The van der Waals surface area contributed by atoms with Gasteiger partial charge in [0.2, 0.25) is 0 Å². The molecule has 1 aliphatic heterocycles. The summed E-state index contributed by atoms with van der Waals surface area (Å²) in [5.74, 6) is 0.678. The Bertz CT molecular complexity index is 811. The zero-order valence-electron chi connectivity index (χ0n) is 15.8. The molecule has 28 heavy (non-hydrogen) atoms. The Morgan fingerprint density at radius 1 is 1.14 bits per heavy atom. The number of nitrogens with zero attached hydrogens (tertiary/aromatic N) is 3. The number of rotatable bonds is 4. The van der Waals surface area contributed by atoms with Crippen LogP contribution in [-0.4, -0.2) is 54.3 Å². The van der Waals surface area contributed by atoms with Crippen molar-refractivity contribution in [2.45, 2.75) is 13.2 Å². The first-order valence-corrected chi connectivity index (χ1v) is 8.99. The van der Waals surface area contributed by atoms with Crippen LogP contribution in [0.3, 0.4) is 0 Å². The first kappa shape index (κ1) is 22.2. The third-order valence-corrected chi connectivity index (χ3v) is 4.74. The number of aliphatic hydroxyl groups is 1. The van der Waals surface area contributed by atoms with E-state index in [4.69, 9.17) is 0 Å². The number of aromatic hydroxyl groups is 1. The second kappa shape index (κ2) is 10.5. The molecule has 0 amide bonds. The van der Waals surface area contributed by atoms with Crippen LogP contribution in [-0.2, 0) is 13.2 Å². The number of guanidine groups is 1. The molecule has 0 aromatic heterocycles. The molecular weight excluding hydrogens is 474 g/mol. The molecule has 3 rings (SSSR count). The van der Waals surface area contributed by atoms with Crippen LogP contribution in [0.1, 0.15) is 11.1 Å². The van der Waals surface area contributed by atoms with Gasteiger partial charge in [0.05, 0.1) is 12.3 Å². The van der Waals surface area contributed by atoms with Crippen molar-refractivity contribution in [3.05, 3.63) is 59.4 Å². The average molecular weight is 500 g/mol. The van der Waals surface area contributed by atoms with Crippen LogP contribution in [0.2, 0.25) is 0 Å². The molecule has 1 heterocycles. The molecule has 0 aliphatic carbocycles. The van der Waals surface area contributed by atoms with Gasteiger partial charge in [-0.3, -0.25) is 4.99 Å². The van der Waals surface area contributed by atoms with Gasteiger partial charge in [-0.1, -0.05) is 18.2 Å². The quantitative estimate of drug-likeness (QED) is 0.342. The van der Waals surface area contributed by atoms with E-state index in [1.807, 2.05) is 18.2 Å². The minimum Gasteiger partial charge on any atom is -0.506 e. The highest BCUT2D eigenvalue weighted by molar-refractivity contribution is 14.0. The topological polar surface area (TPSA) is 71.3 Å². The number of para-hydroxylation sites is 2. The maximum absolute atomic E-state index is 13.5. The summed E-state index contributed by atoms with van der Waals surface area (Å²) >= 11 is 0. The van der Waals surface area contributed by atoms with E-state index in [1.165, 1.54) is 6.07 Å². The molecular formula is C20H26FIN4O2. The number of anilines is 1. The van der Waals surface area contributed by atoms with Gasteiger partial charge in [0, 0.05) is 45.3 Å². The summed E-state index contributed by atoms with van der Waals surface area (Å²) in [5, 5.41) is 22.5. The minimum absolute atomic E-state index is 0. The third kappa shape index (κ3) is 5.26. The second-order valence-electron chi connectivity index (χ2n) is 6.45. The van der Waals surface area contributed by atoms with Crippen molar-refractivity contribution in [2.75, 3.05) is 38.1 Å². The third-order valence-electron chi connectivity index (χ3n) is 4.74. The van der Waals surface area contributed by atoms with Crippen molar-refractivity contribution in [2.24, 2.45) is 4.99 Å². The number of benzene rings is 2. The normalized spacial score (nSPS) is 14.6. The van der Waals surface area contributed by atoms with E-state index >= 15 is 0 Å². The van der Waals surface area contributed by atoms with Crippen molar-refractivity contribution in [3.8, 4) is 5.75 Å². The van der Waals surface area contributed by atoms with Gasteiger partial charge < -0.3 is 25.3 Å². The summed E-state index contributed by atoms with van der Waals surface area (Å²) in [4.78, 5) is 8.66. The minimum atomic E-state index is -0.397. The maximum atomic E-state index is 13.5. The molecule has 0 atom stereocenters. The number of phenolic OH excluding ortho intramolecular Hbond substituents is 1. The van der Waals surface area contributed by atoms with Gasteiger partial charge in [-0.2, -0.15) is 0 Å². The molecule has 0 saturated carbocycles. The Morgan fingerprint density at radius 3 is 2.50 bits per heavy atom. The van der Waals surface area contributed by atoms with E-state index < -0.39 is 5.82 Å². The van der Waals surface area contributed by atoms with Crippen molar-refractivity contribution in [3.63, 3.8) is 0 Å². The predicted molar refractivity (Wildman–Crippen MR) is 120 cm³/mol. The highest BCUT2D eigenvalue weighted by Crippen LogP contribution is 2.27. The van der Waals surface area contributed by atoms with E-state index in [0.717, 1.165) is 43.4 Å². The molecule has 1 aliphatic rings. The number of hydrogen-bond donors (Lipinski definition) is 3. The maximum Gasteiger partial charge on any atom is 0.194 e. The van der Waals surface area contributed by atoms with E-state index in [9.17, 15) is 14.6 Å². The van der Waals surface area contributed by atoms with Gasteiger partial charge in [-0.05, 0) is 29.8 Å². The molecule has 6 nitrogen and oxygen atoms in total. The van der Waals surface area contributed by atoms with Gasteiger partial charge in [-0.25, -0.2) is 4.39 Å². The molecule has 152 valence electrons. The Balaban J connectivity index is 0.00000280. The molecule has 0 bridgehead atoms. The molecule has 1 saturated heterocycles. The van der Waals surface area contributed by atoms with Crippen molar-refractivity contribution >= 4 is 35.6 Å². The van der Waals surface area contributed by atoms with E-state index in [-0.39, 0.29) is 30.6 Å². The monoisotopic (exact) mass is 500 g/mol. The lowest BCUT2D eigenvalue weighted by molar-refractivity contribution is 0.275. The first-order chi connectivity index (χ1) is 13.1. The smallest absolute Gasteiger partial charge is 0.194 e. The van der Waals surface area contributed by atoms with E-state index in [1.54, 1.807) is 25.2 Å². The number of piperazine rings is 1. The first-order valence-electron chi connectivity index (χ1n) is 8.99. The summed E-state index contributed by atoms with van der Waals surface area (Å²) in [6.45, 7) is 3.30. The standard InChI is InChI=1S/C20H25FN4O2.HI/c1-22-20(23-13-15-6-7-17(21)16(12-15)14-26)25-10-8-24(9-11-25)18-4-2-3-5-19(18)27;/h2-7,12,26-27H,8-11,13-14H2,1H3,(H,22,23);1H. The number of halogens is 2. The van der Waals surface area contributed by atoms with Gasteiger partial charge in [0.25, 0.3) is 0 Å². The summed E-state index contributed by atoms with van der Waals surface area (Å²) < 4.78 is 13.5. The van der Waals surface area contributed by atoms with Crippen LogP contribution < -0.4 is 10.2 Å². The molecule has 1 fully saturated rings. The molecule has 8 heteroatoms. The van der Waals surface area contributed by atoms with Crippen molar-refractivity contribution < 1.29 is 14.6 Å². The van der Waals surface area contributed by atoms with E-state index in [0.29, 0.717) is 17.9 Å². The SMILES string of the molecule is CN=C(NCc1ccc(F)c(CO)c1)N1CCN(c2ccccc2O)CC1.I. The van der Waals surface area contributed by atoms with Crippen molar-refractivity contribution in [1.82, 2.24) is 10.2 Å². The Morgan fingerprint density at radius 2 is 1.86 bits per heavy atom. The van der Waals surface area contributed by atoms with Crippen LogP contribution in [0.4, 0.5) is 10.1 Å². The Kier molecular flexibility index (Phi) is 8.31. The van der Waals surface area contributed by atoms with Gasteiger partial charge in [-0.15, -0.1) is 24.0 Å². The van der Waals surface area contributed by atoms with Crippen LogP contribution in [0.5, 0.6) is 5.75 Å². The number of nitrogens with one attached hydrogen (secondary N) is 1. The van der Waals surface area contributed by atoms with Gasteiger partial charge in [0.15, 0.2) is 5.96 Å². The Hall–Kier alpha value is -2.07. The summed E-state index contributed by atoms with van der Waals surface area (Å²) in [6.07, 6.45) is 0. The average Bonchev–Trinajstić information content (AvgIpc) is 2.70. The lowest BCUT2D eigenvalue weighted by Crippen LogP contribution is -2.52. The fourth-order valence-corrected chi connectivity index (χ4v) is 3.26.